The molecule has 1 saturated heterocycles. The predicted octanol–water partition coefficient (Wildman–Crippen LogP) is 0.910. The van der Waals surface area contributed by atoms with Gasteiger partial charge in [0.25, 0.3) is 0 Å². The maximum Gasteiger partial charge on any atom is 0.131 e. The summed E-state index contributed by atoms with van der Waals surface area (Å²) in [4.78, 5) is 6.91. The Morgan fingerprint density at radius 1 is 1.44 bits per heavy atom. The Bertz CT molecular complexity index is 490. The number of nitrogens with zero attached hydrogens (tertiary/aromatic N) is 3. The average Bonchev–Trinajstić information content (AvgIpc) is 2.74. The average molecular weight is 216 g/mol. The van der Waals surface area contributed by atoms with E-state index in [1.807, 2.05) is 12.3 Å². The number of pyridine rings is 1. The van der Waals surface area contributed by atoms with Crippen LogP contribution in [0.5, 0.6) is 0 Å². The number of imidazole rings is 1. The second kappa shape index (κ2) is 3.88. The van der Waals surface area contributed by atoms with Gasteiger partial charge in [-0.2, -0.15) is 0 Å². The van der Waals surface area contributed by atoms with Gasteiger partial charge in [0, 0.05) is 25.8 Å². The van der Waals surface area contributed by atoms with Crippen LogP contribution in [0.15, 0.2) is 30.6 Å². The highest BCUT2D eigenvalue weighted by atomic mass is 15.2. The Hall–Kier alpha value is -1.39. The van der Waals surface area contributed by atoms with Crippen LogP contribution < -0.4 is 5.32 Å². The summed E-state index contributed by atoms with van der Waals surface area (Å²) in [5, 5.41) is 3.42. The monoisotopic (exact) mass is 216 g/mol. The van der Waals surface area contributed by atoms with Gasteiger partial charge in [-0.15, -0.1) is 0 Å². The van der Waals surface area contributed by atoms with E-state index < -0.39 is 0 Å². The molecular formula is C12H16N4. The lowest BCUT2D eigenvalue weighted by molar-refractivity contribution is 0.193. The summed E-state index contributed by atoms with van der Waals surface area (Å²) in [5.41, 5.74) is 1.16. The Kier molecular flexibility index (Phi) is 2.38. The first kappa shape index (κ1) is 9.81. The van der Waals surface area contributed by atoms with Gasteiger partial charge in [-0.1, -0.05) is 6.07 Å². The number of hydrogen-bond acceptors (Lipinski definition) is 3. The first-order chi connectivity index (χ1) is 7.86. The Morgan fingerprint density at radius 3 is 3.25 bits per heavy atom. The molecule has 0 aromatic carbocycles. The van der Waals surface area contributed by atoms with Gasteiger partial charge >= 0.3 is 0 Å². The number of hydrogen-bond donors (Lipinski definition) is 1. The number of fused-ring (bicyclic) bond motifs is 1. The Morgan fingerprint density at radius 2 is 2.38 bits per heavy atom. The zero-order valence-electron chi connectivity index (χ0n) is 9.43. The third-order valence-electron chi connectivity index (χ3n) is 3.28. The summed E-state index contributed by atoms with van der Waals surface area (Å²) < 4.78 is 2.17. The first-order valence-corrected chi connectivity index (χ1v) is 5.69. The van der Waals surface area contributed by atoms with Crippen molar-refractivity contribution >= 4 is 5.52 Å². The molecule has 0 spiro atoms. The highest BCUT2D eigenvalue weighted by molar-refractivity contribution is 5.45. The zero-order chi connectivity index (χ0) is 11.0. The van der Waals surface area contributed by atoms with E-state index in [2.05, 4.69) is 45.0 Å². The van der Waals surface area contributed by atoms with Crippen LogP contribution >= 0.6 is 0 Å². The highest BCUT2D eigenvalue weighted by Crippen LogP contribution is 2.20. The van der Waals surface area contributed by atoms with Crippen molar-refractivity contribution in [2.45, 2.75) is 6.04 Å². The summed E-state index contributed by atoms with van der Waals surface area (Å²) in [6.07, 6.45) is 4.03. The maximum absolute atomic E-state index is 4.55. The molecule has 1 fully saturated rings. The molecule has 4 nitrogen and oxygen atoms in total. The minimum Gasteiger partial charge on any atom is -0.313 e. The van der Waals surface area contributed by atoms with Crippen LogP contribution in [0.25, 0.3) is 5.52 Å². The largest absolute Gasteiger partial charge is 0.313 e. The quantitative estimate of drug-likeness (QED) is 0.769. The molecule has 0 radical (unpaired) electrons. The fraction of sp³-hybridized carbons (Fsp3) is 0.417. The van der Waals surface area contributed by atoms with Crippen LogP contribution in [0.3, 0.4) is 0 Å². The third kappa shape index (κ3) is 1.50. The van der Waals surface area contributed by atoms with Crippen molar-refractivity contribution in [2.24, 2.45) is 0 Å². The van der Waals surface area contributed by atoms with Crippen LogP contribution in [-0.2, 0) is 0 Å². The molecule has 3 rings (SSSR count). The Balaban J connectivity index is 2.04. The lowest BCUT2D eigenvalue weighted by Gasteiger charge is -2.32. The zero-order valence-corrected chi connectivity index (χ0v) is 9.43. The molecule has 4 heteroatoms. The number of aromatic nitrogens is 2. The smallest absolute Gasteiger partial charge is 0.131 e. The SMILES string of the molecule is CN1CCNCC1c1ncc2ccccn12. The fourth-order valence-electron chi connectivity index (χ4n) is 2.31. The van der Waals surface area contributed by atoms with E-state index in [0.29, 0.717) is 6.04 Å². The van der Waals surface area contributed by atoms with E-state index in [9.17, 15) is 0 Å². The summed E-state index contributed by atoms with van der Waals surface area (Å²) in [6.45, 7) is 3.12. The molecule has 16 heavy (non-hydrogen) atoms. The minimum atomic E-state index is 0.374. The van der Waals surface area contributed by atoms with Crippen molar-refractivity contribution < 1.29 is 0 Å². The topological polar surface area (TPSA) is 32.6 Å². The molecule has 0 saturated carbocycles. The molecule has 2 aromatic heterocycles. The molecule has 0 amide bonds. The van der Waals surface area contributed by atoms with Gasteiger partial charge in [0.2, 0.25) is 0 Å². The van der Waals surface area contributed by atoms with Gasteiger partial charge in [0.05, 0.1) is 17.8 Å². The summed E-state index contributed by atoms with van der Waals surface area (Å²) in [5.74, 6) is 1.13. The first-order valence-electron chi connectivity index (χ1n) is 5.69. The van der Waals surface area contributed by atoms with Gasteiger partial charge in [-0.3, -0.25) is 4.90 Å². The molecule has 0 aliphatic carbocycles. The van der Waals surface area contributed by atoms with Crippen LogP contribution in [0.1, 0.15) is 11.9 Å². The number of rotatable bonds is 1. The molecule has 1 N–H and O–H groups in total. The molecule has 2 aromatic rings. The minimum absolute atomic E-state index is 0.374. The van der Waals surface area contributed by atoms with Crippen LogP contribution in [0.4, 0.5) is 0 Å². The second-order valence-corrected chi connectivity index (χ2v) is 4.31. The molecule has 3 heterocycles. The van der Waals surface area contributed by atoms with Gasteiger partial charge in [0.15, 0.2) is 0 Å². The lowest BCUT2D eigenvalue weighted by Crippen LogP contribution is -2.44. The third-order valence-corrected chi connectivity index (χ3v) is 3.28. The maximum atomic E-state index is 4.55. The number of piperazine rings is 1. The number of nitrogens with one attached hydrogen (secondary N) is 1. The van der Waals surface area contributed by atoms with Crippen molar-refractivity contribution in [2.75, 3.05) is 26.7 Å². The van der Waals surface area contributed by atoms with Crippen LogP contribution in [-0.4, -0.2) is 41.0 Å². The summed E-state index contributed by atoms with van der Waals surface area (Å²) in [7, 11) is 2.16. The molecule has 1 atom stereocenters. The molecule has 1 unspecified atom stereocenters. The molecule has 0 bridgehead atoms. The van der Waals surface area contributed by atoms with E-state index >= 15 is 0 Å². The van der Waals surface area contributed by atoms with Crippen LogP contribution in [0, 0.1) is 0 Å². The van der Waals surface area contributed by atoms with Gasteiger partial charge in [-0.05, 0) is 19.2 Å². The molecule has 1 aliphatic rings. The van der Waals surface area contributed by atoms with E-state index in [-0.39, 0.29) is 0 Å². The highest BCUT2D eigenvalue weighted by Gasteiger charge is 2.23. The standard InChI is InChI=1S/C12H16N4/c1-15-7-5-13-9-11(15)12-14-8-10-4-2-3-6-16(10)12/h2-4,6,8,11,13H,5,7,9H2,1H3. The van der Waals surface area contributed by atoms with E-state index in [1.165, 1.54) is 0 Å². The van der Waals surface area contributed by atoms with Gasteiger partial charge in [-0.25, -0.2) is 4.98 Å². The van der Waals surface area contributed by atoms with Crippen LogP contribution in [0.2, 0.25) is 0 Å². The molecular weight excluding hydrogens is 200 g/mol. The van der Waals surface area contributed by atoms with Crippen molar-refractivity contribution in [3.63, 3.8) is 0 Å². The van der Waals surface area contributed by atoms with Crippen molar-refractivity contribution in [1.29, 1.82) is 0 Å². The summed E-state index contributed by atoms with van der Waals surface area (Å²) in [6, 6.07) is 6.56. The van der Waals surface area contributed by atoms with E-state index in [1.54, 1.807) is 0 Å². The Labute approximate surface area is 94.9 Å². The molecule has 84 valence electrons. The van der Waals surface area contributed by atoms with Gasteiger partial charge < -0.3 is 9.72 Å². The fourth-order valence-corrected chi connectivity index (χ4v) is 2.31. The normalized spacial score (nSPS) is 22.7. The summed E-state index contributed by atoms with van der Waals surface area (Å²) >= 11 is 0. The molecule has 1 aliphatic heterocycles. The van der Waals surface area contributed by atoms with Crippen molar-refractivity contribution in [3.05, 3.63) is 36.4 Å². The predicted molar refractivity (Wildman–Crippen MR) is 63.4 cm³/mol. The number of likely N-dealkylation sites (N-methyl/N-ethyl adjacent to an activating group) is 1. The van der Waals surface area contributed by atoms with Gasteiger partial charge in [0.1, 0.15) is 5.82 Å². The van der Waals surface area contributed by atoms with Crippen molar-refractivity contribution in [1.82, 2.24) is 19.6 Å². The van der Waals surface area contributed by atoms with Crippen molar-refractivity contribution in [3.8, 4) is 0 Å². The van der Waals surface area contributed by atoms with E-state index in [4.69, 9.17) is 0 Å². The second-order valence-electron chi connectivity index (χ2n) is 4.31. The van der Waals surface area contributed by atoms with E-state index in [0.717, 1.165) is 31.0 Å². The lowest BCUT2D eigenvalue weighted by atomic mass is 10.2.